The lowest BCUT2D eigenvalue weighted by molar-refractivity contribution is -0.137. The summed E-state index contributed by atoms with van der Waals surface area (Å²) in [7, 11) is 0. The average molecular weight is 362 g/mol. The van der Waals surface area contributed by atoms with Crippen molar-refractivity contribution in [1.82, 2.24) is 9.97 Å². The van der Waals surface area contributed by atoms with Gasteiger partial charge in [-0.25, -0.2) is 4.98 Å². The summed E-state index contributed by atoms with van der Waals surface area (Å²) >= 11 is 11.8. The quantitative estimate of drug-likeness (QED) is 0.693. The van der Waals surface area contributed by atoms with Gasteiger partial charge in [0.15, 0.2) is 0 Å². The van der Waals surface area contributed by atoms with Gasteiger partial charge in [0.2, 0.25) is 0 Å². The lowest BCUT2D eigenvalue weighted by atomic mass is 10.1. The van der Waals surface area contributed by atoms with Crippen LogP contribution in [0.2, 0.25) is 10.2 Å². The van der Waals surface area contributed by atoms with Crippen molar-refractivity contribution in [2.24, 2.45) is 0 Å². The number of anilines is 1. The SMILES string of the molecule is FC(F)(F)c1cc(Cl)nc(N2CCCC2c2ccccn2)c1Cl. The molecule has 0 aromatic carbocycles. The van der Waals surface area contributed by atoms with E-state index >= 15 is 0 Å². The Hall–Kier alpha value is -1.53. The van der Waals surface area contributed by atoms with Crippen molar-refractivity contribution in [2.45, 2.75) is 25.1 Å². The van der Waals surface area contributed by atoms with Gasteiger partial charge in [-0.2, -0.15) is 13.2 Å². The summed E-state index contributed by atoms with van der Waals surface area (Å²) in [6.45, 7) is 0.547. The second-order valence-electron chi connectivity index (χ2n) is 5.23. The predicted octanol–water partition coefficient (Wildman–Crippen LogP) is 5.14. The third-order valence-electron chi connectivity index (χ3n) is 3.77. The highest BCUT2D eigenvalue weighted by Crippen LogP contribution is 2.44. The van der Waals surface area contributed by atoms with Crippen molar-refractivity contribution in [3.8, 4) is 0 Å². The zero-order chi connectivity index (χ0) is 16.6. The van der Waals surface area contributed by atoms with Crippen LogP contribution < -0.4 is 4.90 Å². The summed E-state index contributed by atoms with van der Waals surface area (Å²) in [5.74, 6) is 0.0552. The molecule has 3 heterocycles. The molecule has 0 amide bonds. The van der Waals surface area contributed by atoms with Crippen LogP contribution >= 0.6 is 23.2 Å². The summed E-state index contributed by atoms with van der Waals surface area (Å²) in [5, 5.41) is -0.659. The van der Waals surface area contributed by atoms with Crippen molar-refractivity contribution in [3.63, 3.8) is 0 Å². The van der Waals surface area contributed by atoms with E-state index in [-0.39, 0.29) is 17.0 Å². The minimum Gasteiger partial charge on any atom is -0.347 e. The fraction of sp³-hybridized carbons (Fsp3) is 0.333. The molecule has 3 rings (SSSR count). The Kier molecular flexibility index (Phi) is 4.38. The molecule has 1 atom stereocenters. The van der Waals surface area contributed by atoms with E-state index in [0.717, 1.165) is 24.6 Å². The van der Waals surface area contributed by atoms with Crippen molar-refractivity contribution >= 4 is 29.0 Å². The lowest BCUT2D eigenvalue weighted by Crippen LogP contribution is -2.25. The van der Waals surface area contributed by atoms with Gasteiger partial charge < -0.3 is 4.90 Å². The highest BCUT2D eigenvalue weighted by molar-refractivity contribution is 6.35. The molecule has 1 aliphatic heterocycles. The van der Waals surface area contributed by atoms with Crippen LogP contribution in [-0.2, 0) is 6.18 Å². The molecule has 1 saturated heterocycles. The van der Waals surface area contributed by atoms with E-state index in [1.54, 1.807) is 17.2 Å². The summed E-state index contributed by atoms with van der Waals surface area (Å²) in [6, 6.07) is 6.05. The summed E-state index contributed by atoms with van der Waals surface area (Å²) in [5.41, 5.74) is -0.197. The molecular weight excluding hydrogens is 350 g/mol. The molecule has 1 fully saturated rings. The molecule has 1 aliphatic rings. The number of rotatable bonds is 2. The van der Waals surface area contributed by atoms with Crippen molar-refractivity contribution in [2.75, 3.05) is 11.4 Å². The second kappa shape index (κ2) is 6.17. The smallest absolute Gasteiger partial charge is 0.347 e. The van der Waals surface area contributed by atoms with E-state index in [9.17, 15) is 13.2 Å². The van der Waals surface area contributed by atoms with Gasteiger partial charge in [0.1, 0.15) is 11.0 Å². The molecule has 0 saturated carbocycles. The fourth-order valence-corrected chi connectivity index (χ4v) is 3.28. The maximum Gasteiger partial charge on any atom is 0.418 e. The summed E-state index contributed by atoms with van der Waals surface area (Å²) in [6.07, 6.45) is -1.35. The van der Waals surface area contributed by atoms with E-state index in [1.165, 1.54) is 0 Å². The molecule has 0 spiro atoms. The van der Waals surface area contributed by atoms with Gasteiger partial charge in [-0.3, -0.25) is 4.98 Å². The van der Waals surface area contributed by atoms with E-state index in [1.807, 2.05) is 12.1 Å². The molecule has 122 valence electrons. The van der Waals surface area contributed by atoms with E-state index in [2.05, 4.69) is 9.97 Å². The number of alkyl halides is 3. The van der Waals surface area contributed by atoms with E-state index in [4.69, 9.17) is 23.2 Å². The maximum atomic E-state index is 13.1. The molecule has 1 unspecified atom stereocenters. The molecule has 23 heavy (non-hydrogen) atoms. The predicted molar refractivity (Wildman–Crippen MR) is 82.8 cm³/mol. The highest BCUT2D eigenvalue weighted by Gasteiger charge is 2.38. The molecule has 8 heteroatoms. The van der Waals surface area contributed by atoms with Crippen molar-refractivity contribution < 1.29 is 13.2 Å². The van der Waals surface area contributed by atoms with Gasteiger partial charge in [0.25, 0.3) is 0 Å². The Balaban J connectivity index is 2.06. The second-order valence-corrected chi connectivity index (χ2v) is 6.00. The highest BCUT2D eigenvalue weighted by atomic mass is 35.5. The molecule has 0 N–H and O–H groups in total. The van der Waals surface area contributed by atoms with E-state index in [0.29, 0.717) is 6.54 Å². The number of aromatic nitrogens is 2. The Morgan fingerprint density at radius 2 is 2.00 bits per heavy atom. The molecule has 0 radical (unpaired) electrons. The van der Waals surface area contributed by atoms with Crippen LogP contribution in [0.15, 0.2) is 30.5 Å². The fourth-order valence-electron chi connectivity index (χ4n) is 2.78. The van der Waals surface area contributed by atoms with Gasteiger partial charge in [-0.1, -0.05) is 29.3 Å². The first-order valence-corrected chi connectivity index (χ1v) is 7.74. The van der Waals surface area contributed by atoms with Crippen molar-refractivity contribution in [1.29, 1.82) is 0 Å². The van der Waals surface area contributed by atoms with Gasteiger partial charge in [-0.15, -0.1) is 0 Å². The van der Waals surface area contributed by atoms with Crippen LogP contribution in [0, 0.1) is 0 Å². The molecule has 3 nitrogen and oxygen atoms in total. The monoisotopic (exact) mass is 361 g/mol. The normalized spacial score (nSPS) is 18.5. The van der Waals surface area contributed by atoms with Crippen LogP contribution in [0.5, 0.6) is 0 Å². The van der Waals surface area contributed by atoms with Gasteiger partial charge in [0, 0.05) is 12.7 Å². The van der Waals surface area contributed by atoms with Gasteiger partial charge in [-0.05, 0) is 31.0 Å². The number of hydrogen-bond acceptors (Lipinski definition) is 3. The number of hydrogen-bond donors (Lipinski definition) is 0. The van der Waals surface area contributed by atoms with Crippen LogP contribution in [0.25, 0.3) is 0 Å². The minimum absolute atomic E-state index is 0.0552. The summed E-state index contributed by atoms with van der Waals surface area (Å²) in [4.78, 5) is 10.1. The average Bonchev–Trinajstić information content (AvgIpc) is 2.98. The molecule has 0 aliphatic carbocycles. The molecule has 2 aromatic rings. The minimum atomic E-state index is -4.58. The Morgan fingerprint density at radius 3 is 2.65 bits per heavy atom. The molecular formula is C15H12Cl2F3N3. The zero-order valence-electron chi connectivity index (χ0n) is 11.8. The van der Waals surface area contributed by atoms with Crippen LogP contribution in [0.1, 0.15) is 30.1 Å². The van der Waals surface area contributed by atoms with Crippen LogP contribution in [0.3, 0.4) is 0 Å². The topological polar surface area (TPSA) is 29.0 Å². The van der Waals surface area contributed by atoms with Crippen LogP contribution in [-0.4, -0.2) is 16.5 Å². The van der Waals surface area contributed by atoms with Crippen LogP contribution in [0.4, 0.5) is 19.0 Å². The first-order valence-electron chi connectivity index (χ1n) is 6.98. The molecule has 2 aromatic heterocycles. The van der Waals surface area contributed by atoms with Gasteiger partial charge in [0.05, 0.1) is 22.3 Å². The van der Waals surface area contributed by atoms with Crippen molar-refractivity contribution in [3.05, 3.63) is 51.9 Å². The summed E-state index contributed by atoms with van der Waals surface area (Å²) < 4.78 is 39.3. The first-order chi connectivity index (χ1) is 10.9. The van der Waals surface area contributed by atoms with E-state index < -0.39 is 16.8 Å². The number of halogens is 5. The van der Waals surface area contributed by atoms with Gasteiger partial charge >= 0.3 is 6.18 Å². The third-order valence-corrected chi connectivity index (χ3v) is 4.33. The molecule has 0 bridgehead atoms. The Morgan fingerprint density at radius 1 is 1.22 bits per heavy atom. The standard InChI is InChI=1S/C15H12Cl2F3N3/c16-12-8-9(15(18,19)20)13(17)14(22-12)23-7-3-5-11(23)10-4-1-2-6-21-10/h1-2,4,6,8,11H,3,5,7H2. The maximum absolute atomic E-state index is 13.1. The number of pyridine rings is 2. The Labute approximate surface area is 141 Å². The first kappa shape index (κ1) is 16.3. The largest absolute Gasteiger partial charge is 0.418 e. The third kappa shape index (κ3) is 3.23. The Bertz CT molecular complexity index is 707. The lowest BCUT2D eigenvalue weighted by Gasteiger charge is -2.27. The zero-order valence-corrected chi connectivity index (χ0v) is 13.3. The number of nitrogens with zero attached hydrogens (tertiary/aromatic N) is 3.